The lowest BCUT2D eigenvalue weighted by molar-refractivity contribution is -0.116. The third-order valence-electron chi connectivity index (χ3n) is 4.25. The van der Waals surface area contributed by atoms with Gasteiger partial charge in [-0.05, 0) is 60.4 Å². The largest absolute Gasteiger partial charge is 0.396 e. The molecular weight excluding hydrogens is 380 g/mol. The molecule has 0 aliphatic carbocycles. The molecule has 0 spiro atoms. The summed E-state index contributed by atoms with van der Waals surface area (Å²) in [7, 11) is 3.88. The summed E-state index contributed by atoms with van der Waals surface area (Å²) in [5, 5.41) is 15.5. The molecule has 7 nitrogen and oxygen atoms in total. The van der Waals surface area contributed by atoms with Crippen LogP contribution in [0.4, 0.5) is 5.69 Å². The lowest BCUT2D eigenvalue weighted by Crippen LogP contribution is -2.22. The maximum absolute atomic E-state index is 12.2. The zero-order chi connectivity index (χ0) is 21.8. The second-order valence-corrected chi connectivity index (χ2v) is 6.87. The fraction of sp³-hybridized carbons (Fsp3) is 0.261. The number of carbonyl (C=O) groups is 2. The number of anilines is 1. The molecule has 0 bridgehead atoms. The van der Waals surface area contributed by atoms with Crippen LogP contribution in [0.1, 0.15) is 34.3 Å². The van der Waals surface area contributed by atoms with Gasteiger partial charge in [-0.1, -0.05) is 18.2 Å². The normalized spacial score (nSPS) is 11.0. The summed E-state index contributed by atoms with van der Waals surface area (Å²) in [5.74, 6) is -0.468. The Morgan fingerprint density at radius 3 is 2.50 bits per heavy atom. The highest BCUT2D eigenvalue weighted by molar-refractivity contribution is 5.95. The first-order valence-electron chi connectivity index (χ1n) is 9.77. The Morgan fingerprint density at radius 2 is 1.80 bits per heavy atom. The number of amides is 2. The Bertz CT molecular complexity index is 890. The summed E-state index contributed by atoms with van der Waals surface area (Å²) in [4.78, 5) is 25.9. The van der Waals surface area contributed by atoms with Crippen LogP contribution in [0.3, 0.4) is 0 Å². The number of nitrogens with one attached hydrogen (secondary N) is 2. The van der Waals surface area contributed by atoms with Crippen molar-refractivity contribution < 1.29 is 14.7 Å². The van der Waals surface area contributed by atoms with Crippen molar-refractivity contribution in [3.8, 4) is 0 Å². The lowest BCUT2D eigenvalue weighted by atomic mass is 10.1. The second-order valence-electron chi connectivity index (χ2n) is 6.87. The number of hydrazone groups is 1. The van der Waals surface area contributed by atoms with Crippen molar-refractivity contribution in [3.63, 3.8) is 0 Å². The molecule has 0 unspecified atom stereocenters. The highest BCUT2D eigenvalue weighted by Crippen LogP contribution is 2.12. The van der Waals surface area contributed by atoms with E-state index in [4.69, 9.17) is 5.11 Å². The van der Waals surface area contributed by atoms with E-state index in [9.17, 15) is 9.59 Å². The van der Waals surface area contributed by atoms with Gasteiger partial charge in [0.05, 0.1) is 6.21 Å². The average molecular weight is 409 g/mol. The minimum absolute atomic E-state index is 0.128. The summed E-state index contributed by atoms with van der Waals surface area (Å²) in [6.45, 7) is 0.664. The van der Waals surface area contributed by atoms with Gasteiger partial charge in [-0.3, -0.25) is 9.59 Å². The van der Waals surface area contributed by atoms with Crippen molar-refractivity contribution in [1.82, 2.24) is 10.7 Å². The van der Waals surface area contributed by atoms with E-state index in [0.717, 1.165) is 23.2 Å². The molecule has 2 aromatic rings. The van der Waals surface area contributed by atoms with Crippen LogP contribution in [0, 0.1) is 0 Å². The third-order valence-corrected chi connectivity index (χ3v) is 4.25. The number of carbonyl (C=O) groups excluding carboxylic acids is 2. The van der Waals surface area contributed by atoms with Gasteiger partial charge < -0.3 is 15.3 Å². The maximum Gasteiger partial charge on any atom is 0.271 e. The fourth-order valence-electron chi connectivity index (χ4n) is 2.56. The van der Waals surface area contributed by atoms with Crippen molar-refractivity contribution in [2.45, 2.75) is 12.8 Å². The molecule has 0 atom stereocenters. The first-order chi connectivity index (χ1) is 14.5. The summed E-state index contributed by atoms with van der Waals surface area (Å²) >= 11 is 0. The molecule has 0 aliphatic heterocycles. The topological polar surface area (TPSA) is 94.0 Å². The Hall–Kier alpha value is -3.45. The van der Waals surface area contributed by atoms with Crippen LogP contribution in [-0.2, 0) is 4.79 Å². The molecule has 0 aliphatic rings. The fourth-order valence-corrected chi connectivity index (χ4v) is 2.56. The van der Waals surface area contributed by atoms with Crippen molar-refractivity contribution in [3.05, 3.63) is 71.3 Å². The Morgan fingerprint density at radius 1 is 1.07 bits per heavy atom. The van der Waals surface area contributed by atoms with E-state index in [0.29, 0.717) is 18.5 Å². The predicted octanol–water partition coefficient (Wildman–Crippen LogP) is 2.42. The van der Waals surface area contributed by atoms with E-state index < -0.39 is 0 Å². The maximum atomic E-state index is 12.2. The first-order valence-corrected chi connectivity index (χ1v) is 9.77. The van der Waals surface area contributed by atoms with E-state index in [2.05, 4.69) is 15.8 Å². The number of rotatable bonds is 10. The highest BCUT2D eigenvalue weighted by Gasteiger charge is 2.04. The van der Waals surface area contributed by atoms with Gasteiger partial charge in [0, 0.05) is 44.6 Å². The Balaban J connectivity index is 1.88. The van der Waals surface area contributed by atoms with Crippen molar-refractivity contribution in [1.29, 1.82) is 0 Å². The molecule has 0 fully saturated rings. The minimum Gasteiger partial charge on any atom is -0.396 e. The van der Waals surface area contributed by atoms with Crippen molar-refractivity contribution in [2.24, 2.45) is 5.10 Å². The molecule has 2 aromatic carbocycles. The van der Waals surface area contributed by atoms with E-state index >= 15 is 0 Å². The quantitative estimate of drug-likeness (QED) is 0.244. The van der Waals surface area contributed by atoms with Gasteiger partial charge in [0.1, 0.15) is 0 Å². The molecule has 0 radical (unpaired) electrons. The summed E-state index contributed by atoms with van der Waals surface area (Å²) in [5.41, 5.74) is 5.69. The van der Waals surface area contributed by atoms with E-state index in [1.165, 1.54) is 6.08 Å². The number of hydrogen-bond acceptors (Lipinski definition) is 5. The van der Waals surface area contributed by atoms with E-state index in [1.807, 2.05) is 55.4 Å². The van der Waals surface area contributed by atoms with Crippen LogP contribution in [0.25, 0.3) is 6.08 Å². The molecule has 7 heteroatoms. The molecule has 30 heavy (non-hydrogen) atoms. The molecule has 0 saturated carbocycles. The van der Waals surface area contributed by atoms with Crippen molar-refractivity contribution in [2.75, 3.05) is 32.1 Å². The minimum atomic E-state index is -0.287. The SMILES string of the molecule is CN(C)c1ccc(C(=O)N/N=C/c2cccc(/C=C/C(=O)NCCCCO)c2)cc1. The molecule has 0 saturated heterocycles. The molecule has 3 N–H and O–H groups in total. The van der Waals surface area contributed by atoms with Gasteiger partial charge in [-0.25, -0.2) is 5.43 Å². The van der Waals surface area contributed by atoms with Crippen LogP contribution in [0.2, 0.25) is 0 Å². The number of aliphatic hydroxyl groups is 1. The van der Waals surface area contributed by atoms with Crippen LogP contribution < -0.4 is 15.6 Å². The lowest BCUT2D eigenvalue weighted by Gasteiger charge is -2.12. The third kappa shape index (κ3) is 7.89. The monoisotopic (exact) mass is 408 g/mol. The smallest absolute Gasteiger partial charge is 0.271 e. The Kier molecular flexibility index (Phi) is 9.27. The molecular formula is C23H28N4O3. The Labute approximate surface area is 177 Å². The number of hydrogen-bond donors (Lipinski definition) is 3. The molecule has 0 heterocycles. The molecule has 2 amide bonds. The van der Waals surface area contributed by atoms with Gasteiger partial charge in [0.25, 0.3) is 5.91 Å². The first kappa shape index (κ1) is 22.8. The van der Waals surface area contributed by atoms with Gasteiger partial charge in [-0.2, -0.15) is 5.10 Å². The number of benzene rings is 2. The molecule has 158 valence electrons. The van der Waals surface area contributed by atoms with Crippen LogP contribution >= 0.6 is 0 Å². The van der Waals surface area contributed by atoms with Crippen LogP contribution in [0.15, 0.2) is 59.7 Å². The molecule has 2 rings (SSSR count). The van der Waals surface area contributed by atoms with Crippen molar-refractivity contribution >= 4 is 29.8 Å². The number of unbranched alkanes of at least 4 members (excludes halogenated alkanes) is 1. The number of nitrogens with zero attached hydrogens (tertiary/aromatic N) is 2. The summed E-state index contributed by atoms with van der Waals surface area (Å²) in [6.07, 6.45) is 6.15. The van der Waals surface area contributed by atoms with E-state index in [-0.39, 0.29) is 18.4 Å². The summed E-state index contributed by atoms with van der Waals surface area (Å²) < 4.78 is 0. The van der Waals surface area contributed by atoms with Gasteiger partial charge in [0.15, 0.2) is 0 Å². The predicted molar refractivity (Wildman–Crippen MR) is 121 cm³/mol. The van der Waals surface area contributed by atoms with Crippen LogP contribution in [-0.4, -0.2) is 50.4 Å². The second kappa shape index (κ2) is 12.2. The standard InChI is InChI=1S/C23H28N4O3/c1-27(2)21-11-9-20(10-12-21)23(30)26-25-17-19-7-5-6-18(16-19)8-13-22(29)24-14-3-4-15-28/h5-13,16-17,28H,3-4,14-15H2,1-2H3,(H,24,29)(H,26,30)/b13-8+,25-17+. The zero-order valence-electron chi connectivity index (χ0n) is 17.3. The average Bonchev–Trinajstić information content (AvgIpc) is 2.75. The van der Waals surface area contributed by atoms with Crippen LogP contribution in [0.5, 0.6) is 0 Å². The number of aliphatic hydroxyl groups excluding tert-OH is 1. The summed E-state index contributed by atoms with van der Waals surface area (Å²) in [6, 6.07) is 14.7. The van der Waals surface area contributed by atoms with Gasteiger partial charge in [-0.15, -0.1) is 0 Å². The zero-order valence-corrected chi connectivity index (χ0v) is 17.3. The van der Waals surface area contributed by atoms with Gasteiger partial charge in [0.2, 0.25) is 5.91 Å². The van der Waals surface area contributed by atoms with Gasteiger partial charge >= 0.3 is 0 Å². The molecule has 0 aromatic heterocycles. The highest BCUT2D eigenvalue weighted by atomic mass is 16.3. The van der Waals surface area contributed by atoms with E-state index in [1.54, 1.807) is 24.4 Å².